The summed E-state index contributed by atoms with van der Waals surface area (Å²) in [5, 5.41) is 3.14. The predicted octanol–water partition coefficient (Wildman–Crippen LogP) is 3.42. The van der Waals surface area contributed by atoms with Crippen LogP contribution in [0.3, 0.4) is 0 Å². The van der Waals surface area contributed by atoms with Crippen molar-refractivity contribution in [1.29, 1.82) is 0 Å². The van der Waals surface area contributed by atoms with Crippen molar-refractivity contribution in [2.24, 2.45) is 11.0 Å². The molecule has 2 heterocycles. The molecule has 1 amide bonds. The van der Waals surface area contributed by atoms with Crippen molar-refractivity contribution in [2.45, 2.75) is 12.6 Å². The summed E-state index contributed by atoms with van der Waals surface area (Å²) in [6.45, 7) is 0.340. The molecular weight excluding hydrogens is 311 g/mol. The first-order valence-corrected chi connectivity index (χ1v) is 6.24. The fraction of sp³-hybridized carbons (Fsp3) is 0.455. The van der Waals surface area contributed by atoms with Gasteiger partial charge in [-0.2, -0.15) is 13.2 Å². The standard InChI is InChI=1S/C11H9ClF3N5O/c12-8-2-7(11(13,14)15)4-17-10(8)20-5-6(1-9(20)21)3-18-19-16/h2,4,6H,1,3,5H2. The smallest absolute Gasteiger partial charge is 0.295 e. The maximum absolute atomic E-state index is 12.5. The van der Waals surface area contributed by atoms with E-state index in [4.69, 9.17) is 17.1 Å². The molecule has 6 nitrogen and oxygen atoms in total. The van der Waals surface area contributed by atoms with E-state index in [1.54, 1.807) is 0 Å². The fourth-order valence-electron chi connectivity index (χ4n) is 2.04. The van der Waals surface area contributed by atoms with Gasteiger partial charge in [-0.25, -0.2) is 4.98 Å². The minimum Gasteiger partial charge on any atom is -0.295 e. The second-order valence-electron chi connectivity index (χ2n) is 4.52. The number of hydrogen-bond acceptors (Lipinski definition) is 3. The number of halogens is 4. The summed E-state index contributed by atoms with van der Waals surface area (Å²) in [4.78, 5) is 19.3. The first-order valence-electron chi connectivity index (χ1n) is 5.87. The van der Waals surface area contributed by atoms with Crippen molar-refractivity contribution in [3.8, 4) is 0 Å². The Hall–Kier alpha value is -1.99. The molecule has 1 unspecified atom stereocenters. The van der Waals surface area contributed by atoms with Crippen molar-refractivity contribution in [3.63, 3.8) is 0 Å². The van der Waals surface area contributed by atoms with Gasteiger partial charge in [0.05, 0.1) is 10.6 Å². The average Bonchev–Trinajstić information content (AvgIpc) is 2.76. The lowest BCUT2D eigenvalue weighted by molar-refractivity contribution is -0.137. The number of azide groups is 1. The topological polar surface area (TPSA) is 82.0 Å². The van der Waals surface area contributed by atoms with Crippen molar-refractivity contribution >= 4 is 23.3 Å². The minimum absolute atomic E-state index is 0.0156. The molecule has 10 heteroatoms. The van der Waals surface area contributed by atoms with E-state index in [0.717, 1.165) is 6.07 Å². The van der Waals surface area contributed by atoms with Gasteiger partial charge in [0.2, 0.25) is 5.91 Å². The van der Waals surface area contributed by atoms with Gasteiger partial charge in [0.25, 0.3) is 0 Å². The van der Waals surface area contributed by atoms with Gasteiger partial charge in [0.1, 0.15) is 0 Å². The molecule has 0 N–H and O–H groups in total. The highest BCUT2D eigenvalue weighted by atomic mass is 35.5. The van der Waals surface area contributed by atoms with Gasteiger partial charge in [-0.05, 0) is 17.5 Å². The number of rotatable bonds is 3. The third kappa shape index (κ3) is 3.37. The molecule has 0 bridgehead atoms. The highest BCUT2D eigenvalue weighted by Crippen LogP contribution is 2.35. The zero-order valence-corrected chi connectivity index (χ0v) is 11.3. The molecule has 1 aromatic heterocycles. The van der Waals surface area contributed by atoms with Crippen molar-refractivity contribution in [2.75, 3.05) is 18.0 Å². The maximum Gasteiger partial charge on any atom is 0.417 e. The Morgan fingerprint density at radius 2 is 2.29 bits per heavy atom. The van der Waals surface area contributed by atoms with Gasteiger partial charge < -0.3 is 0 Å². The lowest BCUT2D eigenvalue weighted by Crippen LogP contribution is -2.26. The number of nitrogens with zero attached hydrogens (tertiary/aromatic N) is 5. The molecule has 1 aliphatic rings. The number of carbonyl (C=O) groups excluding carboxylic acids is 1. The van der Waals surface area contributed by atoms with Crippen LogP contribution in [0.25, 0.3) is 10.4 Å². The van der Waals surface area contributed by atoms with E-state index in [1.165, 1.54) is 4.90 Å². The third-order valence-electron chi connectivity index (χ3n) is 3.01. The zero-order chi connectivity index (χ0) is 15.6. The Labute approximate surface area is 122 Å². The Morgan fingerprint density at radius 3 is 2.86 bits per heavy atom. The van der Waals surface area contributed by atoms with Gasteiger partial charge in [0.15, 0.2) is 5.82 Å². The number of hydrogen-bond donors (Lipinski definition) is 0. The van der Waals surface area contributed by atoms with Gasteiger partial charge in [0, 0.05) is 30.6 Å². The van der Waals surface area contributed by atoms with Gasteiger partial charge in [-0.1, -0.05) is 16.7 Å². The number of amides is 1. The summed E-state index contributed by atoms with van der Waals surface area (Å²) >= 11 is 5.79. The van der Waals surface area contributed by atoms with E-state index in [9.17, 15) is 18.0 Å². The molecule has 1 saturated heterocycles. The fourth-order valence-corrected chi connectivity index (χ4v) is 2.31. The molecular formula is C11H9ClF3N5O. The van der Waals surface area contributed by atoms with Crippen molar-refractivity contribution < 1.29 is 18.0 Å². The van der Waals surface area contributed by atoms with E-state index in [2.05, 4.69) is 15.0 Å². The number of pyridine rings is 1. The van der Waals surface area contributed by atoms with Crippen molar-refractivity contribution in [1.82, 2.24) is 4.98 Å². The van der Waals surface area contributed by atoms with E-state index >= 15 is 0 Å². The Bertz CT molecular complexity index is 614. The van der Waals surface area contributed by atoms with Gasteiger partial charge >= 0.3 is 6.18 Å². The molecule has 2 rings (SSSR count). The summed E-state index contributed by atoms with van der Waals surface area (Å²) in [5.74, 6) is -0.533. The molecule has 21 heavy (non-hydrogen) atoms. The second-order valence-corrected chi connectivity index (χ2v) is 4.92. The minimum atomic E-state index is -4.55. The molecule has 0 saturated carbocycles. The maximum atomic E-state index is 12.5. The molecule has 0 radical (unpaired) electrons. The van der Waals surface area contributed by atoms with Crippen LogP contribution in [0.5, 0.6) is 0 Å². The van der Waals surface area contributed by atoms with E-state index in [1.807, 2.05) is 0 Å². The van der Waals surface area contributed by atoms with Gasteiger partial charge in [-0.15, -0.1) is 0 Å². The first-order chi connectivity index (χ1) is 9.82. The van der Waals surface area contributed by atoms with Crippen molar-refractivity contribution in [3.05, 3.63) is 33.3 Å². The molecule has 112 valence electrons. The van der Waals surface area contributed by atoms with E-state index in [0.29, 0.717) is 6.20 Å². The first kappa shape index (κ1) is 15.4. The predicted molar refractivity (Wildman–Crippen MR) is 68.7 cm³/mol. The largest absolute Gasteiger partial charge is 0.417 e. The average molecular weight is 320 g/mol. The third-order valence-corrected chi connectivity index (χ3v) is 3.29. The number of aromatic nitrogens is 1. The molecule has 1 atom stereocenters. The van der Waals surface area contributed by atoms with Crippen LogP contribution >= 0.6 is 11.6 Å². The number of alkyl halides is 3. The Kier molecular flexibility index (Phi) is 4.24. The Balaban J connectivity index is 2.23. The SMILES string of the molecule is [N-]=[N+]=NCC1CC(=O)N(c2ncc(C(F)(F)F)cc2Cl)C1. The lowest BCUT2D eigenvalue weighted by atomic mass is 10.1. The summed E-state index contributed by atoms with van der Waals surface area (Å²) in [6, 6.07) is 0.734. The van der Waals surface area contributed by atoms with Crippen LogP contribution in [0, 0.1) is 5.92 Å². The summed E-state index contributed by atoms with van der Waals surface area (Å²) in [6.07, 6.45) is -3.78. The highest BCUT2D eigenvalue weighted by Gasteiger charge is 2.35. The highest BCUT2D eigenvalue weighted by molar-refractivity contribution is 6.33. The van der Waals surface area contributed by atoms with Crippen LogP contribution in [-0.2, 0) is 11.0 Å². The molecule has 1 aromatic rings. The quantitative estimate of drug-likeness (QED) is 0.486. The monoisotopic (exact) mass is 319 g/mol. The molecule has 1 aliphatic heterocycles. The lowest BCUT2D eigenvalue weighted by Gasteiger charge is -2.17. The number of anilines is 1. The van der Waals surface area contributed by atoms with Crippen LogP contribution in [0.15, 0.2) is 17.4 Å². The normalized spacial score (nSPS) is 18.8. The molecule has 0 aromatic carbocycles. The van der Waals surface area contributed by atoms with Crippen LogP contribution in [0.4, 0.5) is 19.0 Å². The molecule has 0 spiro atoms. The second kappa shape index (κ2) is 5.79. The van der Waals surface area contributed by atoms with E-state index in [-0.39, 0.29) is 42.2 Å². The summed E-state index contributed by atoms with van der Waals surface area (Å²) in [5.41, 5.74) is 7.27. The van der Waals surface area contributed by atoms with Crippen LogP contribution < -0.4 is 4.90 Å². The van der Waals surface area contributed by atoms with E-state index < -0.39 is 11.7 Å². The zero-order valence-electron chi connectivity index (χ0n) is 10.5. The van der Waals surface area contributed by atoms with Crippen LogP contribution in [0.2, 0.25) is 5.02 Å². The molecule has 1 fully saturated rings. The summed E-state index contributed by atoms with van der Waals surface area (Å²) < 4.78 is 37.6. The van der Waals surface area contributed by atoms with Crippen LogP contribution in [-0.4, -0.2) is 24.0 Å². The van der Waals surface area contributed by atoms with Gasteiger partial charge in [-0.3, -0.25) is 9.69 Å². The number of carbonyl (C=O) groups is 1. The van der Waals surface area contributed by atoms with Crippen LogP contribution in [0.1, 0.15) is 12.0 Å². The Morgan fingerprint density at radius 1 is 1.57 bits per heavy atom. The summed E-state index contributed by atoms with van der Waals surface area (Å²) in [7, 11) is 0. The molecule has 0 aliphatic carbocycles.